The molecule has 2 aromatic heterocycles. The van der Waals surface area contributed by atoms with Crippen LogP contribution in [-0.2, 0) is 0 Å². The summed E-state index contributed by atoms with van der Waals surface area (Å²) in [5.74, 6) is 1.95. The monoisotopic (exact) mass is 287 g/mol. The Hall–Kier alpha value is -1.65. The highest BCUT2D eigenvalue weighted by Crippen LogP contribution is 2.40. The van der Waals surface area contributed by atoms with E-state index in [0.717, 1.165) is 11.5 Å². The summed E-state index contributed by atoms with van der Waals surface area (Å²) in [6.07, 6.45) is 8.25. The summed E-state index contributed by atoms with van der Waals surface area (Å²) in [4.78, 5) is 11.4. The molecule has 5 heteroatoms. The van der Waals surface area contributed by atoms with Crippen molar-refractivity contribution in [2.75, 3.05) is 4.90 Å². The summed E-state index contributed by atoms with van der Waals surface area (Å²) in [5.41, 5.74) is 2.32. The number of aryl methyl sites for hydroxylation is 1. The molecule has 2 aliphatic rings. The lowest BCUT2D eigenvalue weighted by Gasteiger charge is -2.37. The highest BCUT2D eigenvalue weighted by Gasteiger charge is 2.38. The Morgan fingerprint density at radius 1 is 1.05 bits per heavy atom. The van der Waals surface area contributed by atoms with E-state index in [9.17, 15) is 0 Å². The molecule has 0 spiro atoms. The number of hydrogen-bond donors (Lipinski definition) is 0. The van der Waals surface area contributed by atoms with Crippen LogP contribution in [0.15, 0.2) is 6.33 Å². The second kappa shape index (κ2) is 5.62. The summed E-state index contributed by atoms with van der Waals surface area (Å²) >= 11 is 0. The summed E-state index contributed by atoms with van der Waals surface area (Å²) in [7, 11) is 0. The minimum absolute atomic E-state index is 0.687. The second-order valence-corrected chi connectivity index (χ2v) is 5.84. The van der Waals surface area contributed by atoms with Gasteiger partial charge in [-0.25, -0.2) is 4.98 Å². The first-order valence-corrected chi connectivity index (χ1v) is 8.21. The molecule has 0 aromatic carbocycles. The van der Waals surface area contributed by atoms with Crippen molar-refractivity contribution < 1.29 is 0 Å². The van der Waals surface area contributed by atoms with Gasteiger partial charge in [0.05, 0.1) is 0 Å². The largest absolute Gasteiger partial charge is 0.350 e. The van der Waals surface area contributed by atoms with Crippen molar-refractivity contribution in [3.63, 3.8) is 0 Å². The molecule has 2 saturated heterocycles. The Labute approximate surface area is 126 Å². The molecule has 2 fully saturated rings. The van der Waals surface area contributed by atoms with Crippen LogP contribution in [0.3, 0.4) is 0 Å². The number of fused-ring (bicyclic) bond motifs is 3. The highest BCUT2D eigenvalue weighted by molar-refractivity contribution is 5.56. The van der Waals surface area contributed by atoms with Gasteiger partial charge in [-0.3, -0.25) is 0 Å². The van der Waals surface area contributed by atoms with Gasteiger partial charge in [0.25, 0.3) is 5.78 Å². The number of nitrogens with zero attached hydrogens (tertiary/aromatic N) is 5. The van der Waals surface area contributed by atoms with Gasteiger partial charge in [0, 0.05) is 23.3 Å². The van der Waals surface area contributed by atoms with Crippen molar-refractivity contribution in [3.8, 4) is 0 Å². The number of hydrogen-bond acceptors (Lipinski definition) is 4. The van der Waals surface area contributed by atoms with E-state index in [1.54, 1.807) is 6.33 Å². The zero-order valence-electron chi connectivity index (χ0n) is 13.5. The second-order valence-electron chi connectivity index (χ2n) is 5.84. The molecule has 0 N–H and O–H groups in total. The van der Waals surface area contributed by atoms with Crippen LogP contribution in [0.4, 0.5) is 5.82 Å². The number of aromatic nitrogens is 4. The van der Waals surface area contributed by atoms with Crippen LogP contribution in [0.2, 0.25) is 0 Å². The van der Waals surface area contributed by atoms with Crippen molar-refractivity contribution in [2.24, 2.45) is 0 Å². The van der Waals surface area contributed by atoms with Gasteiger partial charge in [-0.1, -0.05) is 13.8 Å². The van der Waals surface area contributed by atoms with Gasteiger partial charge >= 0.3 is 0 Å². The lowest BCUT2D eigenvalue weighted by atomic mass is 10.0. The van der Waals surface area contributed by atoms with E-state index in [0.29, 0.717) is 12.1 Å². The van der Waals surface area contributed by atoms with Crippen molar-refractivity contribution in [2.45, 2.75) is 71.9 Å². The van der Waals surface area contributed by atoms with Crippen LogP contribution >= 0.6 is 0 Å². The van der Waals surface area contributed by atoms with Gasteiger partial charge in [0.15, 0.2) is 0 Å². The zero-order chi connectivity index (χ0) is 15.0. The minimum atomic E-state index is 0.687. The fraction of sp³-hybridized carbons (Fsp3) is 0.688. The van der Waals surface area contributed by atoms with Crippen LogP contribution in [0.5, 0.6) is 0 Å². The van der Waals surface area contributed by atoms with Gasteiger partial charge in [-0.2, -0.15) is 14.6 Å². The van der Waals surface area contributed by atoms with E-state index >= 15 is 0 Å². The molecule has 2 bridgehead atoms. The molecule has 0 aliphatic carbocycles. The number of rotatable bonds is 1. The zero-order valence-corrected chi connectivity index (χ0v) is 13.5. The van der Waals surface area contributed by atoms with Crippen molar-refractivity contribution >= 4 is 11.6 Å². The Morgan fingerprint density at radius 2 is 1.71 bits per heavy atom. The van der Waals surface area contributed by atoms with Gasteiger partial charge in [-0.15, -0.1) is 0 Å². The van der Waals surface area contributed by atoms with Gasteiger partial charge in [-0.05, 0) is 46.0 Å². The van der Waals surface area contributed by atoms with Crippen LogP contribution in [0, 0.1) is 13.8 Å². The molecule has 4 rings (SSSR count). The molecule has 5 nitrogen and oxygen atoms in total. The van der Waals surface area contributed by atoms with E-state index in [1.165, 1.54) is 43.5 Å². The maximum absolute atomic E-state index is 4.52. The SMILES string of the molecule is CC.Cc1nc2ncnn2c(N2C3CCCC2CC3)c1C. The lowest BCUT2D eigenvalue weighted by Crippen LogP contribution is -2.41. The fourth-order valence-corrected chi connectivity index (χ4v) is 3.78. The smallest absolute Gasteiger partial charge is 0.254 e. The third-order valence-electron chi connectivity index (χ3n) is 4.82. The molecule has 2 aromatic rings. The molecule has 0 amide bonds. The van der Waals surface area contributed by atoms with E-state index in [4.69, 9.17) is 0 Å². The normalized spacial score (nSPS) is 24.1. The average Bonchev–Trinajstić information content (AvgIpc) is 3.04. The number of piperidine rings is 1. The minimum Gasteiger partial charge on any atom is -0.350 e. The summed E-state index contributed by atoms with van der Waals surface area (Å²) in [6, 6.07) is 1.37. The maximum Gasteiger partial charge on any atom is 0.254 e. The molecule has 2 aliphatic heterocycles. The van der Waals surface area contributed by atoms with Crippen molar-refractivity contribution in [1.82, 2.24) is 19.6 Å². The van der Waals surface area contributed by atoms with Gasteiger partial charge in [0.1, 0.15) is 12.1 Å². The molecule has 4 heterocycles. The first-order valence-electron chi connectivity index (χ1n) is 8.21. The van der Waals surface area contributed by atoms with Crippen LogP contribution in [0.25, 0.3) is 5.78 Å². The molecule has 0 saturated carbocycles. The van der Waals surface area contributed by atoms with Gasteiger partial charge < -0.3 is 4.90 Å². The highest BCUT2D eigenvalue weighted by atomic mass is 15.4. The molecule has 21 heavy (non-hydrogen) atoms. The lowest BCUT2D eigenvalue weighted by molar-refractivity contribution is 0.460. The Bertz CT molecular complexity index is 617. The summed E-state index contributed by atoms with van der Waals surface area (Å²) < 4.78 is 1.93. The topological polar surface area (TPSA) is 46.3 Å². The van der Waals surface area contributed by atoms with E-state index < -0.39 is 0 Å². The molecular weight excluding hydrogens is 262 g/mol. The van der Waals surface area contributed by atoms with E-state index in [2.05, 4.69) is 33.8 Å². The predicted molar refractivity (Wildman–Crippen MR) is 84.7 cm³/mol. The molecular formula is C16H25N5. The Morgan fingerprint density at radius 3 is 2.38 bits per heavy atom. The standard InChI is InChI=1S/C14H19N5.C2H6/c1-9-10(2)17-14-15-8-16-19(14)13(9)18-11-4-3-5-12(18)7-6-11;1-2/h8,11-12H,3-7H2,1-2H3;1-2H3. The third-order valence-corrected chi connectivity index (χ3v) is 4.82. The average molecular weight is 287 g/mol. The van der Waals surface area contributed by atoms with E-state index in [-0.39, 0.29) is 0 Å². The molecule has 114 valence electrons. The van der Waals surface area contributed by atoms with Crippen molar-refractivity contribution in [1.29, 1.82) is 0 Å². The molecule has 0 radical (unpaired) electrons. The van der Waals surface area contributed by atoms with Crippen LogP contribution < -0.4 is 4.90 Å². The fourth-order valence-electron chi connectivity index (χ4n) is 3.78. The van der Waals surface area contributed by atoms with E-state index in [1.807, 2.05) is 18.4 Å². The first kappa shape index (κ1) is 14.3. The van der Waals surface area contributed by atoms with Crippen LogP contribution in [-0.4, -0.2) is 31.7 Å². The van der Waals surface area contributed by atoms with Gasteiger partial charge in [0.2, 0.25) is 0 Å². The third kappa shape index (κ3) is 2.19. The summed E-state index contributed by atoms with van der Waals surface area (Å²) in [6.45, 7) is 8.23. The quantitative estimate of drug-likeness (QED) is 0.807. The molecule has 2 atom stereocenters. The summed E-state index contributed by atoms with van der Waals surface area (Å²) in [5, 5.41) is 4.39. The Balaban J connectivity index is 0.000000636. The first-order chi connectivity index (χ1) is 10.3. The predicted octanol–water partition coefficient (Wildman–Crippen LogP) is 3.29. The Kier molecular flexibility index (Phi) is 3.83. The molecule has 2 unspecified atom stereocenters. The number of anilines is 1. The van der Waals surface area contributed by atoms with Crippen molar-refractivity contribution in [3.05, 3.63) is 17.6 Å². The van der Waals surface area contributed by atoms with Crippen LogP contribution in [0.1, 0.15) is 57.2 Å². The maximum atomic E-state index is 4.52.